The van der Waals surface area contributed by atoms with E-state index in [0.717, 1.165) is 10.0 Å². The zero-order valence-electron chi connectivity index (χ0n) is 14.7. The second kappa shape index (κ2) is 7.78. The predicted octanol–water partition coefficient (Wildman–Crippen LogP) is 4.80. The Kier molecular flexibility index (Phi) is 5.04. The van der Waals surface area contributed by atoms with Gasteiger partial charge in [0.05, 0.1) is 6.54 Å². The maximum atomic E-state index is 13.3. The van der Waals surface area contributed by atoms with E-state index in [-0.39, 0.29) is 12.1 Å². The van der Waals surface area contributed by atoms with E-state index in [2.05, 4.69) is 20.9 Å². The van der Waals surface area contributed by atoms with E-state index >= 15 is 0 Å². The summed E-state index contributed by atoms with van der Waals surface area (Å²) in [6.07, 6.45) is 1.61. The lowest BCUT2D eigenvalue weighted by molar-refractivity contribution is 0.0981. The van der Waals surface area contributed by atoms with Crippen molar-refractivity contribution in [2.45, 2.75) is 6.54 Å². The Morgan fingerprint density at radius 3 is 2.50 bits per heavy atom. The molecule has 0 N–H and O–H groups in total. The molecule has 0 fully saturated rings. The Balaban J connectivity index is 1.77. The summed E-state index contributed by atoms with van der Waals surface area (Å²) >= 11 is 3.41. The number of nitrogens with zero attached hydrogens (tertiary/aromatic N) is 2. The standard InChI is InChI=1S/C22H15BrN2O3/c23-17-10-8-15(9-11-17)14-25(20-7-3-4-12-24-20)21(26)18-13-16-5-1-2-6-19(16)28-22(18)27/h1-13H,14H2. The zero-order valence-corrected chi connectivity index (χ0v) is 16.3. The molecule has 0 aliphatic rings. The normalized spacial score (nSPS) is 10.8. The van der Waals surface area contributed by atoms with Gasteiger partial charge in [-0.05, 0) is 42.0 Å². The molecule has 4 rings (SSSR count). The molecule has 0 radical (unpaired) electrons. The van der Waals surface area contributed by atoms with Crippen molar-refractivity contribution in [1.82, 2.24) is 4.98 Å². The van der Waals surface area contributed by atoms with Gasteiger partial charge in [-0.2, -0.15) is 0 Å². The van der Waals surface area contributed by atoms with E-state index in [9.17, 15) is 9.59 Å². The summed E-state index contributed by atoms with van der Waals surface area (Å²) in [6.45, 7) is 0.273. The number of carbonyl (C=O) groups excluding carboxylic acids is 1. The van der Waals surface area contributed by atoms with E-state index in [1.807, 2.05) is 30.3 Å². The number of carbonyl (C=O) groups is 1. The van der Waals surface area contributed by atoms with Crippen LogP contribution in [0.4, 0.5) is 5.82 Å². The molecule has 2 heterocycles. The van der Waals surface area contributed by atoms with Crippen LogP contribution in [0, 0.1) is 0 Å². The fraction of sp³-hybridized carbons (Fsp3) is 0.0455. The molecule has 0 atom stereocenters. The average molecular weight is 435 g/mol. The number of anilines is 1. The Labute approximate surface area is 169 Å². The lowest BCUT2D eigenvalue weighted by atomic mass is 10.1. The average Bonchev–Trinajstić information content (AvgIpc) is 2.73. The number of rotatable bonds is 4. The Hall–Kier alpha value is -3.25. The van der Waals surface area contributed by atoms with Crippen LogP contribution >= 0.6 is 15.9 Å². The van der Waals surface area contributed by atoms with Gasteiger partial charge >= 0.3 is 5.63 Å². The van der Waals surface area contributed by atoms with Gasteiger partial charge in [0.25, 0.3) is 5.91 Å². The van der Waals surface area contributed by atoms with Crippen LogP contribution in [-0.4, -0.2) is 10.9 Å². The first-order valence-electron chi connectivity index (χ1n) is 8.62. The monoisotopic (exact) mass is 434 g/mol. The van der Waals surface area contributed by atoms with E-state index in [1.54, 1.807) is 48.7 Å². The van der Waals surface area contributed by atoms with Gasteiger partial charge in [0.1, 0.15) is 17.0 Å². The molecule has 0 aliphatic heterocycles. The highest BCUT2D eigenvalue weighted by Gasteiger charge is 2.23. The molecule has 0 saturated carbocycles. The summed E-state index contributed by atoms with van der Waals surface area (Å²) in [5.74, 6) is 0.00380. The Morgan fingerprint density at radius 1 is 1.00 bits per heavy atom. The van der Waals surface area contributed by atoms with Gasteiger partial charge in [-0.1, -0.05) is 52.3 Å². The number of hydrogen-bond acceptors (Lipinski definition) is 4. The number of amides is 1. The van der Waals surface area contributed by atoms with Gasteiger partial charge in [0, 0.05) is 16.1 Å². The minimum Gasteiger partial charge on any atom is -0.422 e. The van der Waals surface area contributed by atoms with Crippen LogP contribution in [-0.2, 0) is 6.54 Å². The maximum Gasteiger partial charge on any atom is 0.349 e. The first-order chi connectivity index (χ1) is 13.6. The van der Waals surface area contributed by atoms with Gasteiger partial charge in [-0.3, -0.25) is 9.69 Å². The minimum absolute atomic E-state index is 0.0264. The highest BCUT2D eigenvalue weighted by atomic mass is 79.9. The number of benzene rings is 2. The number of aromatic nitrogens is 1. The number of hydrogen-bond donors (Lipinski definition) is 0. The first-order valence-corrected chi connectivity index (χ1v) is 9.41. The molecule has 28 heavy (non-hydrogen) atoms. The fourth-order valence-corrected chi connectivity index (χ4v) is 3.16. The highest BCUT2D eigenvalue weighted by molar-refractivity contribution is 9.10. The van der Waals surface area contributed by atoms with Crippen molar-refractivity contribution in [3.63, 3.8) is 0 Å². The Bertz CT molecular complexity index is 1190. The molecule has 6 heteroatoms. The third-order valence-electron chi connectivity index (χ3n) is 4.30. The van der Waals surface area contributed by atoms with Crippen LogP contribution in [0.3, 0.4) is 0 Å². The van der Waals surface area contributed by atoms with E-state index in [0.29, 0.717) is 16.8 Å². The largest absolute Gasteiger partial charge is 0.422 e. The molecule has 0 spiro atoms. The zero-order chi connectivity index (χ0) is 19.5. The quantitative estimate of drug-likeness (QED) is 0.432. The van der Waals surface area contributed by atoms with Crippen LogP contribution in [0.2, 0.25) is 0 Å². The maximum absolute atomic E-state index is 13.3. The van der Waals surface area contributed by atoms with Crippen molar-refractivity contribution in [2.24, 2.45) is 0 Å². The topological polar surface area (TPSA) is 63.4 Å². The van der Waals surface area contributed by atoms with Crippen molar-refractivity contribution >= 4 is 38.6 Å². The highest BCUT2D eigenvalue weighted by Crippen LogP contribution is 2.20. The van der Waals surface area contributed by atoms with Gasteiger partial charge in [0.2, 0.25) is 0 Å². The molecule has 0 bridgehead atoms. The summed E-state index contributed by atoms with van der Waals surface area (Å²) in [5, 5.41) is 0.690. The molecule has 0 unspecified atom stereocenters. The minimum atomic E-state index is -0.666. The second-order valence-corrected chi connectivity index (χ2v) is 7.11. The lowest BCUT2D eigenvalue weighted by Gasteiger charge is -2.21. The number of halogens is 1. The number of para-hydroxylation sites is 1. The van der Waals surface area contributed by atoms with Crippen molar-refractivity contribution < 1.29 is 9.21 Å². The molecule has 1 amide bonds. The molecule has 138 valence electrons. The van der Waals surface area contributed by atoms with Crippen molar-refractivity contribution in [2.75, 3.05) is 4.90 Å². The van der Waals surface area contributed by atoms with E-state index in [1.165, 1.54) is 4.90 Å². The van der Waals surface area contributed by atoms with Crippen LogP contribution in [0.5, 0.6) is 0 Å². The summed E-state index contributed by atoms with van der Waals surface area (Å²) < 4.78 is 6.28. The van der Waals surface area contributed by atoms with Crippen LogP contribution in [0.25, 0.3) is 11.0 Å². The summed E-state index contributed by atoms with van der Waals surface area (Å²) in [6, 6.07) is 21.6. The smallest absolute Gasteiger partial charge is 0.349 e. The van der Waals surface area contributed by atoms with Crippen molar-refractivity contribution in [3.05, 3.63) is 105 Å². The lowest BCUT2D eigenvalue weighted by Crippen LogP contribution is -2.34. The summed E-state index contributed by atoms with van der Waals surface area (Å²) in [5.41, 5.74) is 0.663. The van der Waals surface area contributed by atoms with E-state index in [4.69, 9.17) is 4.42 Å². The van der Waals surface area contributed by atoms with Crippen molar-refractivity contribution in [3.8, 4) is 0 Å². The van der Waals surface area contributed by atoms with Gasteiger partial charge in [-0.15, -0.1) is 0 Å². The molecular weight excluding hydrogens is 420 g/mol. The van der Waals surface area contributed by atoms with Gasteiger partial charge in [0.15, 0.2) is 0 Å². The third kappa shape index (κ3) is 3.73. The van der Waals surface area contributed by atoms with Crippen LogP contribution < -0.4 is 10.5 Å². The molecule has 0 aliphatic carbocycles. The molecule has 0 saturated heterocycles. The Morgan fingerprint density at radius 2 is 1.75 bits per heavy atom. The predicted molar refractivity (Wildman–Crippen MR) is 111 cm³/mol. The number of pyridine rings is 1. The molecule has 2 aromatic carbocycles. The molecule has 2 aromatic heterocycles. The third-order valence-corrected chi connectivity index (χ3v) is 4.83. The molecule has 5 nitrogen and oxygen atoms in total. The molecule has 4 aromatic rings. The number of fused-ring (bicyclic) bond motifs is 1. The second-order valence-electron chi connectivity index (χ2n) is 6.19. The first kappa shape index (κ1) is 18.1. The summed E-state index contributed by atoms with van der Waals surface area (Å²) in [7, 11) is 0. The summed E-state index contributed by atoms with van der Waals surface area (Å²) in [4.78, 5) is 31.5. The van der Waals surface area contributed by atoms with Crippen molar-refractivity contribution in [1.29, 1.82) is 0 Å². The van der Waals surface area contributed by atoms with E-state index < -0.39 is 11.5 Å². The van der Waals surface area contributed by atoms with Crippen LogP contribution in [0.1, 0.15) is 15.9 Å². The fourth-order valence-electron chi connectivity index (χ4n) is 2.90. The van der Waals surface area contributed by atoms with Gasteiger partial charge in [-0.25, -0.2) is 9.78 Å². The molecular formula is C22H15BrN2O3. The SMILES string of the molecule is O=C(c1cc2ccccc2oc1=O)N(Cc1ccc(Br)cc1)c1ccccn1. The van der Waals surface area contributed by atoms with Crippen LogP contribution in [0.15, 0.2) is 92.7 Å². The van der Waals surface area contributed by atoms with Gasteiger partial charge < -0.3 is 4.42 Å².